The first-order valence-electron chi connectivity index (χ1n) is 6.93. The summed E-state index contributed by atoms with van der Waals surface area (Å²) in [6.45, 7) is 5.07. The standard InChI is InChI=1S/C13H17N5O3/c1-3-18-6-5-14-12(18)10-9(4-7-20-10)16-13(19)11-15-8(2)21-17-11/h5-6,9-10H,3-4,7H2,1-2H3,(H,16,19)/t9-,10-/m0/s1. The molecule has 3 heterocycles. The molecule has 0 aliphatic carbocycles. The molecule has 0 bridgehead atoms. The van der Waals surface area contributed by atoms with Crippen LogP contribution in [0.15, 0.2) is 16.9 Å². The molecule has 2 aromatic heterocycles. The van der Waals surface area contributed by atoms with E-state index in [0.717, 1.165) is 18.8 Å². The van der Waals surface area contributed by atoms with Gasteiger partial charge in [0.2, 0.25) is 5.89 Å². The Kier molecular flexibility index (Phi) is 3.70. The van der Waals surface area contributed by atoms with Crippen LogP contribution in [0.3, 0.4) is 0 Å². The Morgan fingerprint density at radius 1 is 1.57 bits per heavy atom. The quantitative estimate of drug-likeness (QED) is 0.897. The lowest BCUT2D eigenvalue weighted by molar-refractivity contribution is 0.0768. The largest absolute Gasteiger partial charge is 0.368 e. The van der Waals surface area contributed by atoms with Crippen LogP contribution in [-0.2, 0) is 11.3 Å². The zero-order valence-electron chi connectivity index (χ0n) is 11.9. The van der Waals surface area contributed by atoms with Crippen LogP contribution in [-0.4, -0.2) is 38.2 Å². The van der Waals surface area contributed by atoms with Gasteiger partial charge in [-0.2, -0.15) is 4.98 Å². The first-order valence-corrected chi connectivity index (χ1v) is 6.93. The van der Waals surface area contributed by atoms with Crippen molar-refractivity contribution in [1.82, 2.24) is 25.0 Å². The van der Waals surface area contributed by atoms with E-state index in [1.807, 2.05) is 17.7 Å². The van der Waals surface area contributed by atoms with Crippen molar-refractivity contribution in [1.29, 1.82) is 0 Å². The average molecular weight is 291 g/mol. The summed E-state index contributed by atoms with van der Waals surface area (Å²) in [5.74, 6) is 0.865. The van der Waals surface area contributed by atoms with Crippen LogP contribution in [0.4, 0.5) is 0 Å². The number of imidazole rings is 1. The van der Waals surface area contributed by atoms with E-state index < -0.39 is 0 Å². The number of aryl methyl sites for hydroxylation is 2. The van der Waals surface area contributed by atoms with Gasteiger partial charge in [0.15, 0.2) is 0 Å². The molecule has 1 amide bonds. The normalized spacial score (nSPS) is 21.6. The van der Waals surface area contributed by atoms with Crippen LogP contribution >= 0.6 is 0 Å². The van der Waals surface area contributed by atoms with Gasteiger partial charge in [-0.1, -0.05) is 5.16 Å². The van der Waals surface area contributed by atoms with Crippen LogP contribution in [0, 0.1) is 6.92 Å². The fourth-order valence-corrected chi connectivity index (χ4v) is 2.46. The van der Waals surface area contributed by atoms with Crippen LogP contribution in [0.25, 0.3) is 0 Å². The second-order valence-corrected chi connectivity index (χ2v) is 4.87. The molecule has 0 spiro atoms. The summed E-state index contributed by atoms with van der Waals surface area (Å²) in [5, 5.41) is 6.52. The van der Waals surface area contributed by atoms with Gasteiger partial charge >= 0.3 is 0 Å². The highest BCUT2D eigenvalue weighted by atomic mass is 16.5. The molecule has 0 unspecified atom stereocenters. The first kappa shape index (κ1) is 13.7. The number of hydrogen-bond acceptors (Lipinski definition) is 6. The summed E-state index contributed by atoms with van der Waals surface area (Å²) >= 11 is 0. The Morgan fingerprint density at radius 2 is 2.43 bits per heavy atom. The number of carbonyl (C=O) groups excluding carboxylic acids is 1. The number of aromatic nitrogens is 4. The maximum Gasteiger partial charge on any atom is 0.293 e. The lowest BCUT2D eigenvalue weighted by atomic mass is 10.1. The number of carbonyl (C=O) groups is 1. The average Bonchev–Trinajstić information content (AvgIpc) is 3.17. The van der Waals surface area contributed by atoms with Crippen molar-refractivity contribution in [2.45, 2.75) is 39.0 Å². The van der Waals surface area contributed by atoms with Gasteiger partial charge in [-0.15, -0.1) is 0 Å². The lowest BCUT2D eigenvalue weighted by Crippen LogP contribution is -2.38. The summed E-state index contributed by atoms with van der Waals surface area (Å²) in [4.78, 5) is 20.4. The van der Waals surface area contributed by atoms with Gasteiger partial charge < -0.3 is 19.1 Å². The van der Waals surface area contributed by atoms with Crippen molar-refractivity contribution in [3.05, 3.63) is 29.9 Å². The van der Waals surface area contributed by atoms with Crippen LogP contribution in [0.5, 0.6) is 0 Å². The fourth-order valence-electron chi connectivity index (χ4n) is 2.46. The number of nitrogens with one attached hydrogen (secondary N) is 1. The minimum Gasteiger partial charge on any atom is -0.368 e. The molecule has 0 saturated carbocycles. The molecule has 112 valence electrons. The van der Waals surface area contributed by atoms with Gasteiger partial charge in [0.1, 0.15) is 11.9 Å². The Morgan fingerprint density at radius 3 is 3.14 bits per heavy atom. The van der Waals surface area contributed by atoms with Gasteiger partial charge in [-0.25, -0.2) is 4.98 Å². The molecule has 1 aliphatic heterocycles. The van der Waals surface area contributed by atoms with Crippen LogP contribution in [0.1, 0.15) is 41.8 Å². The minimum absolute atomic E-state index is 0.0389. The Labute approximate surface area is 121 Å². The van der Waals surface area contributed by atoms with Crippen molar-refractivity contribution < 1.29 is 14.1 Å². The van der Waals surface area contributed by atoms with Crippen LogP contribution in [0.2, 0.25) is 0 Å². The predicted octanol–water partition coefficient (Wildman–Crippen LogP) is 0.854. The molecule has 21 heavy (non-hydrogen) atoms. The van der Waals surface area contributed by atoms with Gasteiger partial charge in [0, 0.05) is 32.5 Å². The Balaban J connectivity index is 1.74. The van der Waals surface area contributed by atoms with Crippen molar-refractivity contribution in [2.75, 3.05) is 6.61 Å². The highest BCUT2D eigenvalue weighted by Crippen LogP contribution is 2.28. The van der Waals surface area contributed by atoms with Crippen molar-refractivity contribution >= 4 is 5.91 Å². The molecular weight excluding hydrogens is 274 g/mol. The number of nitrogens with zero attached hydrogens (tertiary/aromatic N) is 4. The lowest BCUT2D eigenvalue weighted by Gasteiger charge is -2.19. The molecule has 1 aliphatic rings. The van der Waals surface area contributed by atoms with Crippen molar-refractivity contribution in [3.63, 3.8) is 0 Å². The number of rotatable bonds is 4. The zero-order valence-corrected chi connectivity index (χ0v) is 11.9. The summed E-state index contributed by atoms with van der Waals surface area (Å²) in [6.07, 6.45) is 4.11. The van der Waals surface area contributed by atoms with Crippen LogP contribution < -0.4 is 5.32 Å². The number of amides is 1. The van der Waals surface area contributed by atoms with Gasteiger partial charge in [0.05, 0.1) is 6.04 Å². The number of ether oxygens (including phenoxy) is 1. The SMILES string of the molecule is CCn1ccnc1[C@H]1OCC[C@@H]1NC(=O)c1noc(C)n1. The van der Waals surface area contributed by atoms with Crippen molar-refractivity contribution in [2.24, 2.45) is 0 Å². The van der Waals surface area contributed by atoms with E-state index in [0.29, 0.717) is 12.5 Å². The molecule has 2 atom stereocenters. The molecule has 0 radical (unpaired) electrons. The Bertz CT molecular complexity index is 635. The molecule has 8 heteroatoms. The molecule has 2 aromatic rings. The van der Waals surface area contributed by atoms with Gasteiger partial charge in [-0.3, -0.25) is 4.79 Å². The molecule has 8 nitrogen and oxygen atoms in total. The van der Waals surface area contributed by atoms with E-state index >= 15 is 0 Å². The van der Waals surface area contributed by atoms with E-state index in [-0.39, 0.29) is 23.9 Å². The highest BCUT2D eigenvalue weighted by molar-refractivity contribution is 5.90. The predicted molar refractivity (Wildman–Crippen MR) is 71.5 cm³/mol. The summed E-state index contributed by atoms with van der Waals surface area (Å²) in [5.41, 5.74) is 0. The van der Waals surface area contributed by atoms with E-state index in [1.165, 1.54) is 0 Å². The molecule has 3 rings (SSSR count). The maximum absolute atomic E-state index is 12.1. The minimum atomic E-state index is -0.359. The third-order valence-corrected chi connectivity index (χ3v) is 3.48. The topological polar surface area (TPSA) is 95.1 Å². The van der Waals surface area contributed by atoms with E-state index in [9.17, 15) is 4.79 Å². The smallest absolute Gasteiger partial charge is 0.293 e. The van der Waals surface area contributed by atoms with E-state index in [4.69, 9.17) is 9.26 Å². The summed E-state index contributed by atoms with van der Waals surface area (Å²) < 4.78 is 12.6. The monoisotopic (exact) mass is 291 g/mol. The first-order chi connectivity index (χ1) is 10.2. The van der Waals surface area contributed by atoms with Gasteiger partial charge in [0.25, 0.3) is 11.7 Å². The maximum atomic E-state index is 12.1. The zero-order chi connectivity index (χ0) is 14.8. The molecule has 1 fully saturated rings. The van der Waals surface area contributed by atoms with E-state index in [2.05, 4.69) is 20.4 Å². The molecule has 1 N–H and O–H groups in total. The van der Waals surface area contributed by atoms with E-state index in [1.54, 1.807) is 13.1 Å². The summed E-state index contributed by atoms with van der Waals surface area (Å²) in [7, 11) is 0. The third-order valence-electron chi connectivity index (χ3n) is 3.48. The summed E-state index contributed by atoms with van der Waals surface area (Å²) in [6, 6.07) is -0.149. The van der Waals surface area contributed by atoms with Gasteiger partial charge in [-0.05, 0) is 13.3 Å². The molecule has 0 aromatic carbocycles. The fraction of sp³-hybridized carbons (Fsp3) is 0.538. The second kappa shape index (κ2) is 5.65. The molecule has 1 saturated heterocycles. The second-order valence-electron chi connectivity index (χ2n) is 4.87. The molecular formula is C13H17N5O3. The Hall–Kier alpha value is -2.22. The highest BCUT2D eigenvalue weighted by Gasteiger charge is 2.34. The van der Waals surface area contributed by atoms with Crippen molar-refractivity contribution in [3.8, 4) is 0 Å². The number of hydrogen-bond donors (Lipinski definition) is 1. The third kappa shape index (κ3) is 2.66.